The summed E-state index contributed by atoms with van der Waals surface area (Å²) < 4.78 is 0. The summed E-state index contributed by atoms with van der Waals surface area (Å²) in [5.41, 5.74) is 0.382. The zero-order valence-electron chi connectivity index (χ0n) is 16.6. The molecule has 0 aromatic heterocycles. The maximum absolute atomic E-state index is 12.3. The van der Waals surface area contributed by atoms with Crippen LogP contribution in [0.15, 0.2) is 0 Å². The first-order valence-electron chi connectivity index (χ1n) is 9.30. The third-order valence-electron chi connectivity index (χ3n) is 5.21. The molecule has 0 aromatic carbocycles. The highest BCUT2D eigenvalue weighted by atomic mass is 32.1. The molecule has 0 fully saturated rings. The molecule has 1 radical (unpaired) electrons. The van der Waals surface area contributed by atoms with E-state index in [4.69, 9.17) is 0 Å². The number of nitrogens with one attached hydrogen (secondary N) is 1. The molecule has 1 N–H and O–H groups in total. The van der Waals surface area contributed by atoms with Gasteiger partial charge in [0.15, 0.2) is 0 Å². The fraction of sp³-hybridized carbons (Fsp3) is 0.947. The van der Waals surface area contributed by atoms with E-state index in [-0.39, 0.29) is 17.2 Å². The highest BCUT2D eigenvalue weighted by Crippen LogP contribution is 2.31. The Morgan fingerprint density at radius 2 is 1.74 bits per heavy atom. The molecule has 0 heterocycles. The van der Waals surface area contributed by atoms with Crippen LogP contribution in [0, 0.1) is 23.2 Å². The molecule has 4 atom stereocenters. The second-order valence-electron chi connectivity index (χ2n) is 8.55. The van der Waals surface area contributed by atoms with Crippen molar-refractivity contribution in [3.63, 3.8) is 0 Å². The molecule has 0 aromatic rings. The van der Waals surface area contributed by atoms with Crippen LogP contribution in [0.3, 0.4) is 0 Å². The highest BCUT2D eigenvalue weighted by molar-refractivity contribution is 7.81. The van der Waals surface area contributed by atoms with Crippen LogP contribution in [-0.4, -0.2) is 18.6 Å². The van der Waals surface area contributed by atoms with Crippen molar-refractivity contribution in [2.45, 2.75) is 92.2 Å². The Kier molecular flexibility index (Phi) is 10.6. The lowest BCUT2D eigenvalue weighted by Crippen LogP contribution is -2.36. The zero-order chi connectivity index (χ0) is 18.2. The number of thiol groups is 1. The van der Waals surface area contributed by atoms with Gasteiger partial charge in [-0.3, -0.25) is 4.79 Å². The average molecular weight is 340 g/mol. The molecule has 2 nitrogen and oxygen atoms in total. The van der Waals surface area contributed by atoms with E-state index in [0.29, 0.717) is 23.1 Å². The molecule has 4 unspecified atom stereocenters. The molecule has 135 valence electrons. The molecule has 23 heavy (non-hydrogen) atoms. The third kappa shape index (κ3) is 10.4. The number of carbonyl (C=O) groups is 1. The molecule has 0 rings (SSSR count). The van der Waals surface area contributed by atoms with Crippen LogP contribution in [-0.2, 0) is 4.79 Å². The van der Waals surface area contributed by atoms with E-state index < -0.39 is 0 Å². The van der Waals surface area contributed by atoms with Gasteiger partial charge in [0.2, 0.25) is 5.91 Å². The Morgan fingerprint density at radius 1 is 1.17 bits per heavy atom. The Balaban J connectivity index is 4.14. The highest BCUT2D eigenvalue weighted by Gasteiger charge is 2.22. The normalized spacial score (nSPS) is 17.5. The van der Waals surface area contributed by atoms with Gasteiger partial charge in [0, 0.05) is 5.92 Å². The molecule has 0 aliphatic heterocycles. The van der Waals surface area contributed by atoms with Gasteiger partial charge in [0.05, 0.1) is 5.37 Å². The number of rotatable bonds is 11. The van der Waals surface area contributed by atoms with E-state index in [2.05, 4.69) is 73.7 Å². The van der Waals surface area contributed by atoms with Crippen molar-refractivity contribution in [1.82, 2.24) is 5.32 Å². The molecule has 0 saturated heterocycles. The van der Waals surface area contributed by atoms with Crippen molar-refractivity contribution in [1.29, 1.82) is 0 Å². The predicted molar refractivity (Wildman–Crippen MR) is 107 cm³/mol. The molecule has 4 heteroatoms. The summed E-state index contributed by atoms with van der Waals surface area (Å²) in [5, 5.41) is 2.97. The van der Waals surface area contributed by atoms with Gasteiger partial charge in [-0.2, -0.15) is 12.6 Å². The lowest BCUT2D eigenvalue weighted by Gasteiger charge is -2.27. The topological polar surface area (TPSA) is 29.1 Å². The minimum atomic E-state index is -0.0773. The van der Waals surface area contributed by atoms with Crippen molar-refractivity contribution in [3.05, 3.63) is 0 Å². The number of amides is 1. The third-order valence-corrected chi connectivity index (χ3v) is 5.55. The van der Waals surface area contributed by atoms with E-state index in [9.17, 15) is 4.79 Å². The summed E-state index contributed by atoms with van der Waals surface area (Å²) in [6, 6.07) is 0. The fourth-order valence-electron chi connectivity index (χ4n) is 2.76. The Morgan fingerprint density at radius 3 is 2.22 bits per heavy atom. The van der Waals surface area contributed by atoms with Crippen LogP contribution < -0.4 is 5.32 Å². The van der Waals surface area contributed by atoms with Crippen molar-refractivity contribution >= 4 is 25.8 Å². The van der Waals surface area contributed by atoms with Crippen molar-refractivity contribution in [3.8, 4) is 0 Å². The minimum absolute atomic E-state index is 0.0542. The van der Waals surface area contributed by atoms with Gasteiger partial charge in [0.1, 0.15) is 7.28 Å². The summed E-state index contributed by atoms with van der Waals surface area (Å²) >= 11 is 4.54. The monoisotopic (exact) mass is 340 g/mol. The van der Waals surface area contributed by atoms with Crippen LogP contribution in [0.5, 0.6) is 0 Å². The van der Waals surface area contributed by atoms with Crippen molar-refractivity contribution in [2.24, 2.45) is 23.2 Å². The van der Waals surface area contributed by atoms with Gasteiger partial charge in [-0.25, -0.2) is 0 Å². The Hall–Kier alpha value is -0.115. The van der Waals surface area contributed by atoms with Gasteiger partial charge < -0.3 is 5.32 Å². The molecular formula is C19H39BNOS. The molecule has 0 aliphatic carbocycles. The number of hydrogen-bond acceptors (Lipinski definition) is 2. The van der Waals surface area contributed by atoms with Gasteiger partial charge in [-0.15, -0.1) is 0 Å². The second-order valence-corrected chi connectivity index (χ2v) is 9.18. The van der Waals surface area contributed by atoms with Crippen LogP contribution >= 0.6 is 12.6 Å². The Bertz CT molecular complexity index is 346. The molecule has 0 bridgehead atoms. The summed E-state index contributed by atoms with van der Waals surface area (Å²) in [6.07, 6.45) is 4.13. The van der Waals surface area contributed by atoms with E-state index >= 15 is 0 Å². The number of carbonyl (C=O) groups excluding carboxylic acids is 1. The lowest BCUT2D eigenvalue weighted by atomic mass is 9.58. The summed E-state index contributed by atoms with van der Waals surface area (Å²) in [4.78, 5) is 12.3. The van der Waals surface area contributed by atoms with E-state index in [0.717, 1.165) is 12.7 Å². The van der Waals surface area contributed by atoms with E-state index in [1.54, 1.807) is 0 Å². The second kappa shape index (κ2) is 10.7. The minimum Gasteiger partial charge on any atom is -0.345 e. The lowest BCUT2D eigenvalue weighted by molar-refractivity contribution is -0.125. The SMILES string of the molecule is CCC(C)(C)CC(C)[B]CC(S)NC(=O)C(C)CC(C)C(C)C. The Labute approximate surface area is 151 Å². The quantitative estimate of drug-likeness (QED) is 0.293. The first-order valence-corrected chi connectivity index (χ1v) is 9.81. The molecule has 0 saturated carbocycles. The fourth-order valence-corrected chi connectivity index (χ4v) is 3.01. The predicted octanol–water partition coefficient (Wildman–Crippen LogP) is 5.43. The summed E-state index contributed by atoms with van der Waals surface area (Å²) in [5.74, 6) is 1.92. The average Bonchev–Trinajstić information content (AvgIpc) is 2.44. The zero-order valence-corrected chi connectivity index (χ0v) is 17.5. The smallest absolute Gasteiger partial charge is 0.223 e. The van der Waals surface area contributed by atoms with E-state index in [1.165, 1.54) is 12.8 Å². The van der Waals surface area contributed by atoms with Crippen LogP contribution in [0.4, 0.5) is 0 Å². The van der Waals surface area contributed by atoms with Crippen LogP contribution in [0.1, 0.15) is 74.7 Å². The first-order chi connectivity index (χ1) is 10.5. The molecular weight excluding hydrogens is 301 g/mol. The van der Waals surface area contributed by atoms with Gasteiger partial charge in [0.25, 0.3) is 0 Å². The summed E-state index contributed by atoms with van der Waals surface area (Å²) in [7, 11) is 2.30. The van der Waals surface area contributed by atoms with Gasteiger partial charge in [-0.05, 0) is 23.7 Å². The van der Waals surface area contributed by atoms with Gasteiger partial charge in [-0.1, -0.05) is 80.4 Å². The van der Waals surface area contributed by atoms with Crippen LogP contribution in [0.25, 0.3) is 0 Å². The molecule has 1 amide bonds. The van der Waals surface area contributed by atoms with E-state index in [1.807, 2.05) is 6.92 Å². The van der Waals surface area contributed by atoms with Crippen molar-refractivity contribution < 1.29 is 4.79 Å². The molecule has 0 aliphatic rings. The maximum atomic E-state index is 12.3. The first kappa shape index (κ1) is 22.9. The standard InChI is InChI=1S/C19H39BNOS/c1-9-19(7,8)11-16(6)20-12-17(23)21-18(22)15(5)10-14(4)13(2)3/h13-17,23H,9-12H2,1-8H3,(H,21,22). The maximum Gasteiger partial charge on any atom is 0.223 e. The van der Waals surface area contributed by atoms with Crippen molar-refractivity contribution in [2.75, 3.05) is 0 Å². The van der Waals surface area contributed by atoms with Gasteiger partial charge >= 0.3 is 0 Å². The largest absolute Gasteiger partial charge is 0.345 e. The van der Waals surface area contributed by atoms with Crippen LogP contribution in [0.2, 0.25) is 12.1 Å². The number of hydrogen-bond donors (Lipinski definition) is 2. The molecule has 0 spiro atoms. The summed E-state index contributed by atoms with van der Waals surface area (Å²) in [6.45, 7) is 17.8.